The first-order valence-electron chi connectivity index (χ1n) is 5.67. The van der Waals surface area contributed by atoms with Crippen LogP contribution in [0.2, 0.25) is 0 Å². The van der Waals surface area contributed by atoms with Crippen molar-refractivity contribution in [3.63, 3.8) is 0 Å². The van der Waals surface area contributed by atoms with Crippen molar-refractivity contribution < 1.29 is 24.3 Å². The summed E-state index contributed by atoms with van der Waals surface area (Å²) < 4.78 is 0.118. The Morgan fingerprint density at radius 1 is 1.14 bits per heavy atom. The number of benzene rings is 1. The van der Waals surface area contributed by atoms with E-state index in [4.69, 9.17) is 17.3 Å². The van der Waals surface area contributed by atoms with Crippen LogP contribution in [0.1, 0.15) is 31.1 Å². The summed E-state index contributed by atoms with van der Waals surface area (Å²) in [4.78, 5) is 47.3. The molecule has 0 spiro atoms. The van der Waals surface area contributed by atoms with Crippen molar-refractivity contribution in [1.82, 2.24) is 10.0 Å². The first-order valence-corrected chi connectivity index (χ1v) is 7.07. The van der Waals surface area contributed by atoms with Gasteiger partial charge in [0, 0.05) is 0 Å². The van der Waals surface area contributed by atoms with Crippen LogP contribution in [0.5, 0.6) is 0 Å². The maximum absolute atomic E-state index is 12.3. The van der Waals surface area contributed by atoms with Gasteiger partial charge in [-0.15, -0.1) is 0 Å². The van der Waals surface area contributed by atoms with Crippen LogP contribution in [0.3, 0.4) is 0 Å². The lowest BCUT2D eigenvalue weighted by Crippen LogP contribution is -2.48. The smallest absolute Gasteiger partial charge is 0.335 e. The van der Waals surface area contributed by atoms with Crippen LogP contribution in [0.25, 0.3) is 0 Å². The van der Waals surface area contributed by atoms with Crippen LogP contribution in [0.4, 0.5) is 0 Å². The molecule has 3 rings (SSSR count). The minimum atomic E-state index is -1.21. The lowest BCUT2D eigenvalue weighted by Gasteiger charge is -2.23. The van der Waals surface area contributed by atoms with Gasteiger partial charge >= 0.3 is 5.97 Å². The van der Waals surface area contributed by atoms with Gasteiger partial charge in [-0.1, -0.05) is 24.0 Å². The molecule has 0 bridgehead atoms. The Morgan fingerprint density at radius 3 is 2.38 bits per heavy atom. The van der Waals surface area contributed by atoms with Gasteiger partial charge in [0.2, 0.25) is 0 Å². The number of amides is 3. The molecule has 0 unspecified atom stereocenters. The molecule has 0 radical (unpaired) electrons. The highest BCUT2D eigenvalue weighted by molar-refractivity contribution is 8.23. The van der Waals surface area contributed by atoms with Crippen LogP contribution in [-0.4, -0.2) is 48.9 Å². The van der Waals surface area contributed by atoms with E-state index in [1.807, 2.05) is 0 Å². The summed E-state index contributed by atoms with van der Waals surface area (Å²) in [6.45, 7) is 0. The summed E-state index contributed by atoms with van der Waals surface area (Å²) in [6, 6.07) is 3.61. The molecule has 2 aliphatic rings. The van der Waals surface area contributed by atoms with Gasteiger partial charge in [0.15, 0.2) is 4.32 Å². The highest BCUT2D eigenvalue weighted by atomic mass is 32.2. The molecule has 3 amide bonds. The zero-order valence-corrected chi connectivity index (χ0v) is 11.9. The van der Waals surface area contributed by atoms with Gasteiger partial charge in [-0.2, -0.15) is 10.0 Å². The van der Waals surface area contributed by atoms with Gasteiger partial charge in [0.25, 0.3) is 17.7 Å². The molecule has 1 aromatic rings. The number of thioether (sulfide) groups is 1. The molecule has 0 aromatic heterocycles. The Hall–Kier alpha value is -2.26. The Balaban J connectivity index is 2.07. The largest absolute Gasteiger partial charge is 0.478 e. The van der Waals surface area contributed by atoms with E-state index in [9.17, 15) is 19.2 Å². The third-order valence-corrected chi connectivity index (χ3v) is 4.38. The average Bonchev–Trinajstić information content (AvgIpc) is 2.89. The number of carbonyl (C=O) groups is 4. The summed E-state index contributed by atoms with van der Waals surface area (Å²) in [7, 11) is 0. The SMILES string of the molecule is O=C(O)c1ccc2c(c1)C(=O)N(N1C(=O)CSC1=S)C2=O. The first kappa shape index (κ1) is 13.7. The fourth-order valence-corrected chi connectivity index (χ4v) is 3.12. The highest BCUT2D eigenvalue weighted by Gasteiger charge is 2.45. The van der Waals surface area contributed by atoms with Crippen molar-refractivity contribution in [2.75, 3.05) is 5.75 Å². The van der Waals surface area contributed by atoms with Gasteiger partial charge in [0.05, 0.1) is 22.4 Å². The number of carboxylic acids is 1. The molecule has 1 N–H and O–H groups in total. The van der Waals surface area contributed by atoms with Crippen molar-refractivity contribution in [2.24, 2.45) is 0 Å². The van der Waals surface area contributed by atoms with E-state index in [1.165, 1.54) is 12.1 Å². The van der Waals surface area contributed by atoms with Crippen LogP contribution in [0.15, 0.2) is 18.2 Å². The van der Waals surface area contributed by atoms with E-state index >= 15 is 0 Å². The van der Waals surface area contributed by atoms with Crippen molar-refractivity contribution in [2.45, 2.75) is 0 Å². The van der Waals surface area contributed by atoms with Gasteiger partial charge < -0.3 is 5.11 Å². The maximum atomic E-state index is 12.3. The van der Waals surface area contributed by atoms with E-state index in [0.717, 1.165) is 22.8 Å². The number of rotatable bonds is 2. The minimum absolute atomic E-state index is 0.0487. The average molecular weight is 322 g/mol. The molecule has 1 fully saturated rings. The molecule has 106 valence electrons. The van der Waals surface area contributed by atoms with Crippen molar-refractivity contribution in [3.8, 4) is 0 Å². The molecule has 1 saturated heterocycles. The summed E-state index contributed by atoms with van der Waals surface area (Å²) in [5.41, 5.74) is -0.105. The fraction of sp³-hybridized carbons (Fsp3) is 0.0833. The number of thiocarbonyl (C=S) groups is 1. The summed E-state index contributed by atoms with van der Waals surface area (Å²) in [6.07, 6.45) is 0. The molecule has 0 saturated carbocycles. The summed E-state index contributed by atoms with van der Waals surface area (Å²) in [5.74, 6) is -3.05. The number of fused-ring (bicyclic) bond motifs is 1. The normalized spacial score (nSPS) is 17.7. The van der Waals surface area contributed by atoms with Crippen molar-refractivity contribution in [1.29, 1.82) is 0 Å². The fourth-order valence-electron chi connectivity index (χ4n) is 2.08. The number of nitrogens with zero attached hydrogens (tertiary/aromatic N) is 2. The predicted octanol–water partition coefficient (Wildman–Crippen LogP) is 0.756. The Labute approximate surface area is 127 Å². The number of hydrazine groups is 1. The minimum Gasteiger partial charge on any atom is -0.478 e. The second-order valence-corrected chi connectivity index (χ2v) is 5.86. The number of imide groups is 1. The van der Waals surface area contributed by atoms with Crippen LogP contribution < -0.4 is 0 Å². The molecule has 2 aliphatic heterocycles. The topological polar surface area (TPSA) is 95.0 Å². The quantitative estimate of drug-likeness (QED) is 0.634. The van der Waals surface area contributed by atoms with E-state index in [0.29, 0.717) is 5.01 Å². The lowest BCUT2D eigenvalue weighted by atomic mass is 10.1. The van der Waals surface area contributed by atoms with Crippen molar-refractivity contribution in [3.05, 3.63) is 34.9 Å². The van der Waals surface area contributed by atoms with E-state index in [1.54, 1.807) is 0 Å². The first-order chi connectivity index (χ1) is 9.91. The molecule has 9 heteroatoms. The van der Waals surface area contributed by atoms with Gasteiger partial charge in [-0.25, -0.2) is 4.79 Å². The Kier molecular flexibility index (Phi) is 3.03. The molecule has 0 atom stereocenters. The Morgan fingerprint density at radius 2 is 1.81 bits per heavy atom. The van der Waals surface area contributed by atoms with Gasteiger partial charge in [-0.05, 0) is 18.2 Å². The zero-order chi connectivity index (χ0) is 15.3. The van der Waals surface area contributed by atoms with Crippen molar-refractivity contribution >= 4 is 52.0 Å². The van der Waals surface area contributed by atoms with Crippen LogP contribution in [0, 0.1) is 0 Å². The maximum Gasteiger partial charge on any atom is 0.335 e. The molecular formula is C12H6N2O5S2. The standard InChI is InChI=1S/C12H6N2O5S2/c15-8-4-21-12(20)13(8)14-9(16)6-2-1-5(11(18)19)3-7(6)10(14)17/h1-3H,4H2,(H,18,19). The number of hydrogen-bond donors (Lipinski definition) is 1. The summed E-state index contributed by atoms with van der Waals surface area (Å²) in [5, 5.41) is 10.5. The molecular weight excluding hydrogens is 316 g/mol. The number of hydrogen-bond acceptors (Lipinski definition) is 6. The molecule has 2 heterocycles. The highest BCUT2D eigenvalue weighted by Crippen LogP contribution is 2.30. The lowest BCUT2D eigenvalue weighted by molar-refractivity contribution is -0.130. The number of aromatic carboxylic acids is 1. The van der Waals surface area contributed by atoms with E-state index < -0.39 is 23.7 Å². The van der Waals surface area contributed by atoms with E-state index in [-0.39, 0.29) is 26.8 Å². The number of carboxylic acid groups (broad SMARTS) is 1. The third-order valence-electron chi connectivity index (χ3n) is 3.04. The number of carbonyl (C=O) groups excluding carboxylic acids is 3. The zero-order valence-electron chi connectivity index (χ0n) is 10.2. The summed E-state index contributed by atoms with van der Waals surface area (Å²) >= 11 is 6.02. The second kappa shape index (κ2) is 4.64. The van der Waals surface area contributed by atoms with Crippen LogP contribution in [-0.2, 0) is 4.79 Å². The van der Waals surface area contributed by atoms with E-state index in [2.05, 4.69) is 0 Å². The van der Waals surface area contributed by atoms with Crippen LogP contribution >= 0.6 is 24.0 Å². The monoisotopic (exact) mass is 322 g/mol. The third kappa shape index (κ3) is 1.93. The Bertz CT molecular complexity index is 729. The molecule has 21 heavy (non-hydrogen) atoms. The second-order valence-electron chi connectivity index (χ2n) is 4.25. The predicted molar refractivity (Wildman–Crippen MR) is 75.8 cm³/mol. The van der Waals surface area contributed by atoms with Gasteiger partial charge in [-0.3, -0.25) is 14.4 Å². The molecule has 0 aliphatic carbocycles. The molecule has 1 aromatic carbocycles. The molecule has 7 nitrogen and oxygen atoms in total. The van der Waals surface area contributed by atoms with Gasteiger partial charge in [0.1, 0.15) is 0 Å².